The number of rotatable bonds is 6. The Morgan fingerprint density at radius 1 is 1.07 bits per heavy atom. The third-order valence-electron chi connectivity index (χ3n) is 3.51. The fraction of sp³-hybridized carbons (Fsp3) is 0.111. The zero-order valence-electron chi connectivity index (χ0n) is 14.4. The summed E-state index contributed by atoms with van der Waals surface area (Å²) in [5, 5.41) is 7.34. The van der Waals surface area contributed by atoms with Crippen LogP contribution in [-0.4, -0.2) is 39.9 Å². The average molecular weight is 383 g/mol. The van der Waals surface area contributed by atoms with Gasteiger partial charge in [0.2, 0.25) is 11.1 Å². The van der Waals surface area contributed by atoms with Gasteiger partial charge in [0.15, 0.2) is 5.82 Å². The van der Waals surface area contributed by atoms with Gasteiger partial charge in [-0.3, -0.25) is 25.5 Å². The molecular weight excluding hydrogens is 366 g/mol. The molecule has 3 rings (SSSR count). The number of amides is 2. The van der Waals surface area contributed by atoms with Crippen molar-refractivity contribution in [2.45, 2.75) is 5.16 Å². The minimum Gasteiger partial charge on any atom is -0.497 e. The van der Waals surface area contributed by atoms with Gasteiger partial charge in [-0.05, 0) is 36.4 Å². The van der Waals surface area contributed by atoms with Crippen molar-refractivity contribution in [3.05, 3.63) is 60.2 Å². The van der Waals surface area contributed by atoms with Crippen molar-refractivity contribution in [2.24, 2.45) is 0 Å². The summed E-state index contributed by atoms with van der Waals surface area (Å²) in [5.74, 6) is 0.670. The van der Waals surface area contributed by atoms with E-state index in [-0.39, 0.29) is 17.6 Å². The second kappa shape index (κ2) is 8.86. The number of nitrogens with one attached hydrogen (secondary N) is 3. The molecule has 9 heteroatoms. The first kappa shape index (κ1) is 18.5. The number of nitrogens with zero attached hydrogens (tertiary/aromatic N) is 2. The fourth-order valence-electron chi connectivity index (χ4n) is 2.14. The summed E-state index contributed by atoms with van der Waals surface area (Å²) >= 11 is 1.16. The van der Waals surface area contributed by atoms with Gasteiger partial charge in [-0.25, -0.2) is 4.98 Å². The van der Waals surface area contributed by atoms with Crippen molar-refractivity contribution in [1.82, 2.24) is 26.0 Å². The highest BCUT2D eigenvalue weighted by Crippen LogP contribution is 2.21. The first-order valence-corrected chi connectivity index (χ1v) is 8.98. The minimum atomic E-state index is -0.381. The normalized spacial score (nSPS) is 10.3. The number of H-pyrrole nitrogens is 1. The van der Waals surface area contributed by atoms with Gasteiger partial charge in [0, 0.05) is 11.1 Å². The third-order valence-corrected chi connectivity index (χ3v) is 4.36. The molecule has 3 aromatic rings. The van der Waals surface area contributed by atoms with Crippen LogP contribution in [0.4, 0.5) is 0 Å². The summed E-state index contributed by atoms with van der Waals surface area (Å²) in [6.07, 6.45) is 0. The zero-order chi connectivity index (χ0) is 19.1. The van der Waals surface area contributed by atoms with Gasteiger partial charge in [0.25, 0.3) is 5.91 Å². The van der Waals surface area contributed by atoms with Crippen molar-refractivity contribution < 1.29 is 14.3 Å². The molecule has 0 atom stereocenters. The smallest absolute Gasteiger partial charge is 0.269 e. The van der Waals surface area contributed by atoms with Crippen LogP contribution in [0.25, 0.3) is 11.4 Å². The van der Waals surface area contributed by atoms with Crippen LogP contribution in [-0.2, 0) is 4.79 Å². The molecule has 0 saturated heterocycles. The SMILES string of the molecule is COc1ccc(-c2nc(SCC(=O)NNC(=O)c3ccccc3)n[nH]2)cc1. The average Bonchev–Trinajstić information content (AvgIpc) is 3.20. The predicted molar refractivity (Wildman–Crippen MR) is 101 cm³/mol. The highest BCUT2D eigenvalue weighted by molar-refractivity contribution is 7.99. The first-order valence-electron chi connectivity index (χ1n) is 7.99. The van der Waals surface area contributed by atoms with E-state index in [9.17, 15) is 9.59 Å². The first-order chi connectivity index (χ1) is 13.2. The molecule has 0 aliphatic heterocycles. The quantitative estimate of drug-likeness (QED) is 0.444. The van der Waals surface area contributed by atoms with Gasteiger partial charge in [-0.15, -0.1) is 5.10 Å². The van der Waals surface area contributed by atoms with E-state index in [0.717, 1.165) is 23.1 Å². The lowest BCUT2D eigenvalue weighted by Crippen LogP contribution is -2.42. The number of ether oxygens (including phenoxy) is 1. The second-order valence-electron chi connectivity index (χ2n) is 5.35. The molecule has 8 nitrogen and oxygen atoms in total. The Balaban J connectivity index is 1.48. The lowest BCUT2D eigenvalue weighted by molar-refractivity contribution is -0.119. The Morgan fingerprint density at radius 2 is 1.81 bits per heavy atom. The molecule has 0 aliphatic rings. The van der Waals surface area contributed by atoms with Crippen LogP contribution in [0.3, 0.4) is 0 Å². The second-order valence-corrected chi connectivity index (χ2v) is 6.29. The summed E-state index contributed by atoms with van der Waals surface area (Å²) in [6, 6.07) is 16.0. The molecule has 138 valence electrons. The van der Waals surface area contributed by atoms with Gasteiger partial charge in [0.05, 0.1) is 12.9 Å². The summed E-state index contributed by atoms with van der Waals surface area (Å²) in [7, 11) is 1.60. The molecular formula is C18H17N5O3S. The zero-order valence-corrected chi connectivity index (χ0v) is 15.2. The van der Waals surface area contributed by atoms with Crippen LogP contribution in [0.2, 0.25) is 0 Å². The monoisotopic (exact) mass is 383 g/mol. The van der Waals surface area contributed by atoms with Gasteiger partial charge < -0.3 is 4.74 Å². The molecule has 0 radical (unpaired) electrons. The Bertz CT molecular complexity index is 912. The molecule has 0 aliphatic carbocycles. The van der Waals surface area contributed by atoms with Gasteiger partial charge in [0.1, 0.15) is 5.75 Å². The van der Waals surface area contributed by atoms with Crippen molar-refractivity contribution in [1.29, 1.82) is 0 Å². The number of methoxy groups -OCH3 is 1. The van der Waals surface area contributed by atoms with Crippen LogP contribution in [0, 0.1) is 0 Å². The van der Waals surface area contributed by atoms with E-state index in [0.29, 0.717) is 16.5 Å². The Labute approximate surface area is 159 Å². The summed E-state index contributed by atoms with van der Waals surface area (Å²) in [4.78, 5) is 28.1. The number of benzene rings is 2. The van der Waals surface area contributed by atoms with E-state index in [1.165, 1.54) is 0 Å². The molecule has 0 bridgehead atoms. The topological polar surface area (TPSA) is 109 Å². The number of aromatic amines is 1. The maximum absolute atomic E-state index is 11.9. The number of thioether (sulfide) groups is 1. The van der Waals surface area contributed by atoms with Crippen molar-refractivity contribution in [3.63, 3.8) is 0 Å². The highest BCUT2D eigenvalue weighted by atomic mass is 32.2. The fourth-order valence-corrected chi connectivity index (χ4v) is 2.74. The summed E-state index contributed by atoms with van der Waals surface area (Å²) in [6.45, 7) is 0. The van der Waals surface area contributed by atoms with Crippen molar-refractivity contribution in [3.8, 4) is 17.1 Å². The third kappa shape index (κ3) is 5.08. The molecule has 0 unspecified atom stereocenters. The Morgan fingerprint density at radius 3 is 2.52 bits per heavy atom. The van der Waals surface area contributed by atoms with Gasteiger partial charge in [-0.1, -0.05) is 30.0 Å². The molecule has 3 N–H and O–H groups in total. The largest absolute Gasteiger partial charge is 0.497 e. The molecule has 0 spiro atoms. The summed E-state index contributed by atoms with van der Waals surface area (Å²) < 4.78 is 5.12. The number of hydrazine groups is 1. The maximum atomic E-state index is 11.9. The van der Waals surface area contributed by atoms with Gasteiger partial charge >= 0.3 is 0 Å². The molecule has 2 aromatic carbocycles. The standard InChI is InChI=1S/C18H17N5O3S/c1-26-14-9-7-12(8-10-14)16-19-18(23-21-16)27-11-15(24)20-22-17(25)13-5-3-2-4-6-13/h2-10H,11H2,1H3,(H,20,24)(H,22,25)(H,19,21,23). The van der Waals surface area contributed by atoms with Crippen LogP contribution >= 0.6 is 11.8 Å². The Kier molecular flexibility index (Phi) is 6.06. The molecule has 0 fully saturated rings. The number of hydrogen-bond acceptors (Lipinski definition) is 6. The summed E-state index contributed by atoms with van der Waals surface area (Å²) in [5.41, 5.74) is 6.05. The van der Waals surface area contributed by atoms with E-state index in [1.807, 2.05) is 30.3 Å². The van der Waals surface area contributed by atoms with E-state index in [1.54, 1.807) is 31.4 Å². The molecule has 0 saturated carbocycles. The van der Waals surface area contributed by atoms with Crippen molar-refractivity contribution in [2.75, 3.05) is 12.9 Å². The molecule has 2 amide bonds. The molecule has 27 heavy (non-hydrogen) atoms. The van der Waals surface area contributed by atoms with E-state index in [4.69, 9.17) is 4.74 Å². The number of carbonyl (C=O) groups is 2. The highest BCUT2D eigenvalue weighted by Gasteiger charge is 2.10. The number of carbonyl (C=O) groups excluding carboxylic acids is 2. The van der Waals surface area contributed by atoms with Crippen LogP contribution in [0.5, 0.6) is 5.75 Å². The molecule has 1 aromatic heterocycles. The lowest BCUT2D eigenvalue weighted by atomic mass is 10.2. The van der Waals surface area contributed by atoms with Gasteiger partial charge in [-0.2, -0.15) is 0 Å². The predicted octanol–water partition coefficient (Wildman–Crippen LogP) is 2.03. The van der Waals surface area contributed by atoms with E-state index in [2.05, 4.69) is 26.0 Å². The molecule has 1 heterocycles. The maximum Gasteiger partial charge on any atom is 0.269 e. The van der Waals surface area contributed by atoms with Crippen LogP contribution in [0.15, 0.2) is 59.8 Å². The van der Waals surface area contributed by atoms with E-state index < -0.39 is 0 Å². The van der Waals surface area contributed by atoms with Crippen molar-refractivity contribution >= 4 is 23.6 Å². The Hall–Kier alpha value is -3.33. The van der Waals surface area contributed by atoms with Crippen LogP contribution < -0.4 is 15.6 Å². The lowest BCUT2D eigenvalue weighted by Gasteiger charge is -2.06. The minimum absolute atomic E-state index is 0.0645. The van der Waals surface area contributed by atoms with E-state index >= 15 is 0 Å². The number of aromatic nitrogens is 3. The number of hydrogen-bond donors (Lipinski definition) is 3. The van der Waals surface area contributed by atoms with Crippen LogP contribution in [0.1, 0.15) is 10.4 Å².